The van der Waals surface area contributed by atoms with E-state index in [1.807, 2.05) is 0 Å². The van der Waals surface area contributed by atoms with E-state index in [0.717, 1.165) is 18.2 Å². The van der Waals surface area contributed by atoms with E-state index in [4.69, 9.17) is 0 Å². The normalized spacial score (nSPS) is 11.8. The number of alkyl halides is 3. The van der Waals surface area contributed by atoms with Crippen LogP contribution in [0, 0.1) is 5.82 Å². The molecule has 0 saturated heterocycles. The molecule has 0 aliphatic heterocycles. The van der Waals surface area contributed by atoms with Crippen LogP contribution in [0.3, 0.4) is 0 Å². The highest BCUT2D eigenvalue weighted by molar-refractivity contribution is 9.10. The topological polar surface area (TPSA) is 70.3 Å². The van der Waals surface area contributed by atoms with Gasteiger partial charge in [0, 0.05) is 21.7 Å². The molecule has 0 amide bonds. The molecule has 152 valence electrons. The monoisotopic (exact) mass is 478 g/mol. The molecule has 4 aromatic rings. The fourth-order valence-electron chi connectivity index (χ4n) is 2.94. The van der Waals surface area contributed by atoms with E-state index in [-0.39, 0.29) is 28.2 Å². The first-order valence-corrected chi connectivity index (χ1v) is 9.18. The quantitative estimate of drug-likeness (QED) is 0.410. The number of carboxylic acids is 1. The van der Waals surface area contributed by atoms with Crippen molar-refractivity contribution < 1.29 is 27.5 Å². The highest BCUT2D eigenvalue weighted by Gasteiger charge is 2.30. The Kier molecular flexibility index (Phi) is 4.81. The number of halogens is 5. The number of carbonyl (C=O) groups excluding carboxylic acids is 1. The summed E-state index contributed by atoms with van der Waals surface area (Å²) in [6, 6.07) is 11.0. The van der Waals surface area contributed by atoms with Gasteiger partial charge in [-0.2, -0.15) is 18.3 Å². The van der Waals surface area contributed by atoms with Crippen LogP contribution in [0.2, 0.25) is 0 Å². The second kappa shape index (κ2) is 7.21. The molecule has 0 radical (unpaired) electrons. The lowest BCUT2D eigenvalue weighted by Gasteiger charge is -2.10. The van der Waals surface area contributed by atoms with Crippen molar-refractivity contribution >= 4 is 27.5 Å². The van der Waals surface area contributed by atoms with Crippen molar-refractivity contribution in [2.45, 2.75) is 6.18 Å². The molecule has 30 heavy (non-hydrogen) atoms. The van der Waals surface area contributed by atoms with Gasteiger partial charge in [-0.3, -0.25) is 0 Å². The van der Waals surface area contributed by atoms with Crippen LogP contribution in [0.5, 0.6) is 0 Å². The second-order valence-corrected chi connectivity index (χ2v) is 7.23. The zero-order valence-electron chi connectivity index (χ0n) is 14.7. The summed E-state index contributed by atoms with van der Waals surface area (Å²) in [5.41, 5.74) is -0.451. The smallest absolute Gasteiger partial charge is 0.416 e. The molecule has 0 bridgehead atoms. The lowest BCUT2D eigenvalue weighted by Crippen LogP contribution is -2.24. The van der Waals surface area contributed by atoms with E-state index in [1.54, 1.807) is 6.07 Å². The minimum Gasteiger partial charge on any atom is -0.543 e. The number of hydrogen-bond acceptors (Lipinski definition) is 4. The van der Waals surface area contributed by atoms with Crippen LogP contribution in [-0.4, -0.2) is 20.6 Å². The highest BCUT2D eigenvalue weighted by Crippen LogP contribution is 2.32. The van der Waals surface area contributed by atoms with E-state index < -0.39 is 29.2 Å². The number of aromatic nitrogens is 3. The van der Waals surface area contributed by atoms with Gasteiger partial charge in [0.1, 0.15) is 5.82 Å². The van der Waals surface area contributed by atoms with Crippen molar-refractivity contribution in [3.63, 3.8) is 0 Å². The van der Waals surface area contributed by atoms with Gasteiger partial charge in [-0.05, 0) is 36.4 Å². The number of nitrogens with zero attached hydrogens (tertiary/aromatic N) is 3. The summed E-state index contributed by atoms with van der Waals surface area (Å²) in [4.78, 5) is 15.3. The minimum absolute atomic E-state index is 0.0731. The van der Waals surface area contributed by atoms with Crippen LogP contribution in [0.4, 0.5) is 17.6 Å². The Morgan fingerprint density at radius 1 is 1.03 bits per heavy atom. The maximum absolute atomic E-state index is 14.3. The molecule has 0 aliphatic rings. The Balaban J connectivity index is 1.92. The summed E-state index contributed by atoms with van der Waals surface area (Å²) >= 11 is 3.16. The lowest BCUT2D eigenvalue weighted by molar-refractivity contribution is -0.255. The average Bonchev–Trinajstić information content (AvgIpc) is 3.10. The number of rotatable bonds is 3. The third-order valence-corrected chi connectivity index (χ3v) is 4.84. The second-order valence-electron chi connectivity index (χ2n) is 6.31. The van der Waals surface area contributed by atoms with Crippen LogP contribution in [-0.2, 0) is 6.18 Å². The van der Waals surface area contributed by atoms with Crippen molar-refractivity contribution in [3.8, 4) is 22.5 Å². The molecule has 5 nitrogen and oxygen atoms in total. The van der Waals surface area contributed by atoms with Crippen molar-refractivity contribution in [2.75, 3.05) is 0 Å². The SMILES string of the molecule is O=C([O-])c1cc(-c2ccc(C(F)(F)F)cc2)n2nc(-c3ccc(Br)cc3F)cc2n1. The van der Waals surface area contributed by atoms with Gasteiger partial charge in [0.25, 0.3) is 0 Å². The van der Waals surface area contributed by atoms with Gasteiger partial charge in [0.05, 0.1) is 28.6 Å². The van der Waals surface area contributed by atoms with Crippen molar-refractivity contribution in [1.29, 1.82) is 0 Å². The molecule has 0 saturated carbocycles. The number of benzene rings is 2. The molecule has 0 spiro atoms. The van der Waals surface area contributed by atoms with E-state index in [9.17, 15) is 27.5 Å². The maximum Gasteiger partial charge on any atom is 0.416 e. The summed E-state index contributed by atoms with van der Waals surface area (Å²) in [5, 5.41) is 15.6. The summed E-state index contributed by atoms with van der Waals surface area (Å²) in [6.45, 7) is 0. The Hall–Kier alpha value is -3.27. The molecule has 0 aliphatic carbocycles. The molecule has 0 N–H and O–H groups in total. The van der Waals surface area contributed by atoms with Crippen LogP contribution in [0.25, 0.3) is 28.2 Å². The Morgan fingerprint density at radius 3 is 2.33 bits per heavy atom. The van der Waals surface area contributed by atoms with E-state index in [1.165, 1.54) is 34.8 Å². The first-order valence-electron chi connectivity index (χ1n) is 8.39. The first kappa shape index (κ1) is 20.0. The first-order chi connectivity index (χ1) is 14.1. The zero-order valence-corrected chi connectivity index (χ0v) is 16.3. The number of fused-ring (bicyclic) bond motifs is 1. The van der Waals surface area contributed by atoms with E-state index in [0.29, 0.717) is 4.47 Å². The van der Waals surface area contributed by atoms with Gasteiger partial charge < -0.3 is 9.90 Å². The molecule has 2 aromatic heterocycles. The fraction of sp³-hybridized carbons (Fsp3) is 0.0500. The minimum atomic E-state index is -4.51. The van der Waals surface area contributed by atoms with Gasteiger partial charge in [0.15, 0.2) is 5.65 Å². The number of carboxylic acid groups (broad SMARTS) is 1. The number of carbonyl (C=O) groups is 1. The summed E-state index contributed by atoms with van der Waals surface area (Å²) in [5.74, 6) is -2.13. The summed E-state index contributed by atoms with van der Waals surface area (Å²) in [6.07, 6.45) is -4.51. The molecule has 2 aromatic carbocycles. The van der Waals surface area contributed by atoms with Gasteiger partial charge in [-0.25, -0.2) is 13.9 Å². The average molecular weight is 479 g/mol. The highest BCUT2D eigenvalue weighted by atomic mass is 79.9. The third kappa shape index (κ3) is 3.65. The van der Waals surface area contributed by atoms with Crippen molar-refractivity contribution in [3.05, 3.63) is 76.1 Å². The Morgan fingerprint density at radius 2 is 1.73 bits per heavy atom. The Labute approximate surface area is 174 Å². The molecule has 4 rings (SSSR count). The summed E-state index contributed by atoms with van der Waals surface area (Å²) < 4.78 is 54.7. The van der Waals surface area contributed by atoms with Crippen LogP contribution >= 0.6 is 15.9 Å². The van der Waals surface area contributed by atoms with E-state index >= 15 is 0 Å². The lowest BCUT2D eigenvalue weighted by atomic mass is 10.1. The maximum atomic E-state index is 14.3. The predicted molar refractivity (Wildman–Crippen MR) is 101 cm³/mol. The molecule has 0 atom stereocenters. The third-order valence-electron chi connectivity index (χ3n) is 4.35. The standard InChI is InChI=1S/C20H10BrF4N3O2/c21-12-5-6-13(14(22)7-12)15-9-18-26-16(19(29)30)8-17(28(18)27-15)10-1-3-11(4-2-10)20(23,24)25/h1-9H,(H,29,30)/p-1. The number of aromatic carboxylic acids is 1. The largest absolute Gasteiger partial charge is 0.543 e. The van der Waals surface area contributed by atoms with Gasteiger partial charge in [-0.15, -0.1) is 0 Å². The fourth-order valence-corrected chi connectivity index (χ4v) is 3.28. The summed E-state index contributed by atoms with van der Waals surface area (Å²) in [7, 11) is 0. The molecule has 0 fully saturated rings. The van der Waals surface area contributed by atoms with Crippen molar-refractivity contribution in [2.24, 2.45) is 0 Å². The molecule has 2 heterocycles. The zero-order chi connectivity index (χ0) is 21.6. The van der Waals surface area contributed by atoms with Crippen LogP contribution < -0.4 is 5.11 Å². The van der Waals surface area contributed by atoms with Crippen LogP contribution in [0.1, 0.15) is 16.1 Å². The van der Waals surface area contributed by atoms with Crippen molar-refractivity contribution in [1.82, 2.24) is 14.6 Å². The van der Waals surface area contributed by atoms with Gasteiger partial charge >= 0.3 is 6.18 Å². The van der Waals surface area contributed by atoms with Gasteiger partial charge in [0.2, 0.25) is 0 Å². The van der Waals surface area contributed by atoms with E-state index in [2.05, 4.69) is 26.0 Å². The number of hydrogen-bond donors (Lipinski definition) is 0. The molecular weight excluding hydrogens is 470 g/mol. The van der Waals surface area contributed by atoms with Crippen LogP contribution in [0.15, 0.2) is 59.1 Å². The molecular formula is C20H9BrF4N3O2-. The predicted octanol–water partition coefficient (Wildman–Crippen LogP) is 4.35. The Bertz CT molecular complexity index is 1280. The molecule has 0 unspecified atom stereocenters. The molecule has 10 heteroatoms. The van der Waals surface area contributed by atoms with Gasteiger partial charge in [-0.1, -0.05) is 28.1 Å².